The van der Waals surface area contributed by atoms with Crippen LogP contribution in [0.25, 0.3) is 0 Å². The Morgan fingerprint density at radius 3 is 2.78 bits per heavy atom. The summed E-state index contributed by atoms with van der Waals surface area (Å²) in [6, 6.07) is 7.07. The minimum Gasteiger partial charge on any atom is -0.450 e. The number of nitrogens with one attached hydrogen (secondary N) is 2. The van der Waals surface area contributed by atoms with E-state index in [1.165, 1.54) is 0 Å². The maximum atomic E-state index is 11.2. The van der Waals surface area contributed by atoms with Crippen LogP contribution in [0.2, 0.25) is 0 Å². The van der Waals surface area contributed by atoms with Crippen LogP contribution in [0.1, 0.15) is 18.6 Å². The fourth-order valence-electron chi connectivity index (χ4n) is 1.64. The summed E-state index contributed by atoms with van der Waals surface area (Å²) in [5, 5.41) is 5.17. The molecule has 1 aromatic rings. The number of amides is 2. The molecule has 1 aliphatic heterocycles. The topological polar surface area (TPSA) is 76.7 Å². The van der Waals surface area contributed by atoms with Gasteiger partial charge in [-0.1, -0.05) is 12.1 Å². The Morgan fingerprint density at radius 1 is 1.50 bits per heavy atom. The summed E-state index contributed by atoms with van der Waals surface area (Å²) in [4.78, 5) is 22.1. The van der Waals surface area contributed by atoms with Gasteiger partial charge in [0, 0.05) is 5.69 Å². The molecule has 2 N–H and O–H groups in total. The smallest absolute Gasteiger partial charge is 0.411 e. The zero-order valence-corrected chi connectivity index (χ0v) is 9.93. The van der Waals surface area contributed by atoms with E-state index in [0.29, 0.717) is 18.8 Å². The number of benzene rings is 1. The maximum absolute atomic E-state index is 11.2. The molecule has 0 radical (unpaired) electrons. The molecule has 1 atom stereocenters. The summed E-state index contributed by atoms with van der Waals surface area (Å²) in [6.45, 7) is 2.53. The minimum atomic E-state index is -0.487. The molecule has 96 valence electrons. The number of hydrogen-bond acceptors (Lipinski definition) is 4. The third-order valence-corrected chi connectivity index (χ3v) is 2.49. The summed E-state index contributed by atoms with van der Waals surface area (Å²) in [5.41, 5.74) is 1.51. The molecular weight excluding hydrogens is 236 g/mol. The van der Waals surface area contributed by atoms with Crippen LogP contribution in [-0.4, -0.2) is 25.3 Å². The second-order valence-corrected chi connectivity index (χ2v) is 3.74. The fraction of sp³-hybridized carbons (Fsp3) is 0.333. The van der Waals surface area contributed by atoms with Gasteiger partial charge in [-0.15, -0.1) is 0 Å². The van der Waals surface area contributed by atoms with Crippen molar-refractivity contribution in [3.63, 3.8) is 0 Å². The highest BCUT2D eigenvalue weighted by Crippen LogP contribution is 2.22. The zero-order chi connectivity index (χ0) is 13.0. The van der Waals surface area contributed by atoms with Gasteiger partial charge in [-0.25, -0.2) is 9.59 Å². The van der Waals surface area contributed by atoms with Crippen molar-refractivity contribution in [2.75, 3.05) is 18.5 Å². The van der Waals surface area contributed by atoms with Crippen LogP contribution < -0.4 is 10.6 Å². The zero-order valence-electron chi connectivity index (χ0n) is 9.93. The molecule has 0 spiro atoms. The number of hydrogen-bond donors (Lipinski definition) is 2. The maximum Gasteiger partial charge on any atom is 0.411 e. The minimum absolute atomic E-state index is 0.269. The van der Waals surface area contributed by atoms with Crippen molar-refractivity contribution in [3.8, 4) is 0 Å². The van der Waals surface area contributed by atoms with E-state index in [-0.39, 0.29) is 6.10 Å². The molecular formula is C12H14N2O4. The van der Waals surface area contributed by atoms with Crippen molar-refractivity contribution in [2.24, 2.45) is 0 Å². The second kappa shape index (κ2) is 5.39. The molecule has 1 aromatic carbocycles. The van der Waals surface area contributed by atoms with Crippen LogP contribution in [0.3, 0.4) is 0 Å². The average Bonchev–Trinajstić information content (AvgIpc) is 2.77. The highest BCUT2D eigenvalue weighted by atomic mass is 16.6. The third kappa shape index (κ3) is 2.91. The Morgan fingerprint density at radius 2 is 2.22 bits per heavy atom. The van der Waals surface area contributed by atoms with Crippen molar-refractivity contribution < 1.29 is 19.1 Å². The molecule has 0 aliphatic carbocycles. The first-order valence-corrected chi connectivity index (χ1v) is 5.67. The van der Waals surface area contributed by atoms with E-state index in [2.05, 4.69) is 10.6 Å². The van der Waals surface area contributed by atoms with E-state index in [0.717, 1.165) is 5.56 Å². The predicted octanol–water partition coefficient (Wildman–Crippen LogP) is 2.04. The Hall–Kier alpha value is -2.24. The van der Waals surface area contributed by atoms with Gasteiger partial charge in [0.15, 0.2) is 0 Å². The summed E-state index contributed by atoms with van der Waals surface area (Å²) in [6.07, 6.45) is -1.16. The largest absolute Gasteiger partial charge is 0.450 e. The number of carbonyl (C=O) groups excluding carboxylic acids is 2. The molecule has 1 fully saturated rings. The molecule has 1 saturated heterocycles. The lowest BCUT2D eigenvalue weighted by Crippen LogP contribution is -2.13. The average molecular weight is 250 g/mol. The fourth-order valence-corrected chi connectivity index (χ4v) is 1.64. The van der Waals surface area contributed by atoms with E-state index in [9.17, 15) is 9.59 Å². The molecule has 1 unspecified atom stereocenters. The summed E-state index contributed by atoms with van der Waals surface area (Å²) in [7, 11) is 0. The molecule has 6 nitrogen and oxygen atoms in total. The van der Waals surface area contributed by atoms with E-state index in [4.69, 9.17) is 9.47 Å². The number of ether oxygens (including phenoxy) is 2. The Kier molecular flexibility index (Phi) is 3.66. The molecule has 2 amide bonds. The summed E-state index contributed by atoms with van der Waals surface area (Å²) in [5.74, 6) is 0. The molecule has 2 rings (SSSR count). The van der Waals surface area contributed by atoms with Crippen LogP contribution in [0.5, 0.6) is 0 Å². The van der Waals surface area contributed by atoms with Gasteiger partial charge in [0.2, 0.25) is 0 Å². The van der Waals surface area contributed by atoms with Crippen molar-refractivity contribution in [2.45, 2.75) is 13.0 Å². The van der Waals surface area contributed by atoms with E-state index < -0.39 is 12.2 Å². The van der Waals surface area contributed by atoms with Gasteiger partial charge in [-0.3, -0.25) is 5.32 Å². The summed E-state index contributed by atoms with van der Waals surface area (Å²) >= 11 is 0. The quantitative estimate of drug-likeness (QED) is 0.860. The van der Waals surface area contributed by atoms with E-state index >= 15 is 0 Å². The van der Waals surface area contributed by atoms with E-state index in [1.54, 1.807) is 31.2 Å². The molecule has 0 bridgehead atoms. The van der Waals surface area contributed by atoms with Crippen LogP contribution in [0.15, 0.2) is 24.3 Å². The van der Waals surface area contributed by atoms with Crippen LogP contribution in [-0.2, 0) is 9.47 Å². The summed E-state index contributed by atoms with van der Waals surface area (Å²) < 4.78 is 9.81. The molecule has 1 heterocycles. The molecule has 0 saturated carbocycles. The highest BCUT2D eigenvalue weighted by Gasteiger charge is 2.23. The predicted molar refractivity (Wildman–Crippen MR) is 64.3 cm³/mol. The van der Waals surface area contributed by atoms with Crippen LogP contribution in [0.4, 0.5) is 15.3 Å². The lowest BCUT2D eigenvalue weighted by molar-refractivity contribution is 0.141. The second-order valence-electron chi connectivity index (χ2n) is 3.74. The Labute approximate surface area is 104 Å². The van der Waals surface area contributed by atoms with Crippen molar-refractivity contribution in [1.82, 2.24) is 5.32 Å². The normalized spacial score (nSPS) is 17.8. The van der Waals surface area contributed by atoms with Gasteiger partial charge in [0.05, 0.1) is 13.2 Å². The number of carbonyl (C=O) groups is 2. The van der Waals surface area contributed by atoms with Gasteiger partial charge in [-0.05, 0) is 24.6 Å². The first-order chi connectivity index (χ1) is 8.69. The van der Waals surface area contributed by atoms with Crippen LogP contribution >= 0.6 is 0 Å². The Bertz CT molecular complexity index is 444. The number of alkyl carbamates (subject to hydrolysis) is 1. The van der Waals surface area contributed by atoms with Gasteiger partial charge in [0.25, 0.3) is 0 Å². The highest BCUT2D eigenvalue weighted by molar-refractivity contribution is 5.84. The van der Waals surface area contributed by atoms with Crippen molar-refractivity contribution >= 4 is 17.9 Å². The third-order valence-electron chi connectivity index (χ3n) is 2.49. The van der Waals surface area contributed by atoms with Gasteiger partial charge < -0.3 is 14.8 Å². The SMILES string of the molecule is CCOC(=O)Nc1ccc(C2CNC(=O)O2)cc1. The number of cyclic esters (lactones) is 1. The monoisotopic (exact) mass is 250 g/mol. The number of anilines is 1. The first-order valence-electron chi connectivity index (χ1n) is 5.67. The molecule has 1 aliphatic rings. The van der Waals surface area contributed by atoms with Crippen LogP contribution in [0, 0.1) is 0 Å². The molecule has 18 heavy (non-hydrogen) atoms. The molecule has 6 heteroatoms. The van der Waals surface area contributed by atoms with Gasteiger partial charge in [-0.2, -0.15) is 0 Å². The van der Waals surface area contributed by atoms with E-state index in [1.807, 2.05) is 0 Å². The van der Waals surface area contributed by atoms with Crippen molar-refractivity contribution in [1.29, 1.82) is 0 Å². The van der Waals surface area contributed by atoms with Gasteiger partial charge in [0.1, 0.15) is 6.10 Å². The van der Waals surface area contributed by atoms with Crippen molar-refractivity contribution in [3.05, 3.63) is 29.8 Å². The first kappa shape index (κ1) is 12.2. The molecule has 0 aromatic heterocycles. The Balaban J connectivity index is 1.97. The standard InChI is InChI=1S/C12H14N2O4/c1-2-17-12(16)14-9-5-3-8(4-6-9)10-7-13-11(15)18-10/h3-6,10H,2,7H2,1H3,(H,13,15)(H,14,16). The number of rotatable bonds is 3. The van der Waals surface area contributed by atoms with Gasteiger partial charge >= 0.3 is 12.2 Å². The lowest BCUT2D eigenvalue weighted by atomic mass is 10.1. The lowest BCUT2D eigenvalue weighted by Gasteiger charge is -2.09.